The average molecular weight is 495 g/mol. The lowest BCUT2D eigenvalue weighted by Gasteiger charge is -2.39. The van der Waals surface area contributed by atoms with Crippen molar-refractivity contribution in [3.63, 3.8) is 0 Å². The summed E-state index contributed by atoms with van der Waals surface area (Å²) in [6.07, 6.45) is 0. The van der Waals surface area contributed by atoms with Gasteiger partial charge in [-0.25, -0.2) is 13.4 Å². The van der Waals surface area contributed by atoms with Crippen molar-refractivity contribution < 1.29 is 13.2 Å². The van der Waals surface area contributed by atoms with Gasteiger partial charge >= 0.3 is 0 Å². The Morgan fingerprint density at radius 3 is 2.73 bits per heavy atom. The smallest absolute Gasteiger partial charge is 0.194 e. The molecule has 1 aliphatic rings. The monoisotopic (exact) mass is 495 g/mol. The Bertz CT molecular complexity index is 720. The lowest BCUT2D eigenvalue weighted by Crippen LogP contribution is -2.57. The van der Waals surface area contributed by atoms with Crippen molar-refractivity contribution in [2.75, 3.05) is 38.5 Å². The van der Waals surface area contributed by atoms with Gasteiger partial charge in [0.1, 0.15) is 12.4 Å². The summed E-state index contributed by atoms with van der Waals surface area (Å²) in [5.41, 5.74) is 1.16. The van der Waals surface area contributed by atoms with E-state index in [9.17, 15) is 8.42 Å². The van der Waals surface area contributed by atoms with Gasteiger partial charge in [-0.2, -0.15) is 0 Å². The quantitative estimate of drug-likeness (QED) is 0.294. The first kappa shape index (κ1) is 23.0. The number of aliphatic imine (C=N–C) groups is 1. The van der Waals surface area contributed by atoms with E-state index in [2.05, 4.69) is 10.3 Å². The molecule has 6 nitrogen and oxygen atoms in total. The number of benzene rings is 1. The van der Waals surface area contributed by atoms with E-state index in [1.165, 1.54) is 0 Å². The molecule has 1 saturated heterocycles. The van der Waals surface area contributed by atoms with E-state index in [1.54, 1.807) is 13.8 Å². The zero-order chi connectivity index (χ0) is 18.5. The molecule has 26 heavy (non-hydrogen) atoms. The summed E-state index contributed by atoms with van der Waals surface area (Å²) in [4.78, 5) is 6.62. The van der Waals surface area contributed by atoms with Crippen molar-refractivity contribution in [3.8, 4) is 5.75 Å². The third kappa shape index (κ3) is 6.00. The van der Waals surface area contributed by atoms with Crippen LogP contribution in [0.15, 0.2) is 29.3 Å². The first-order chi connectivity index (χ1) is 11.7. The van der Waals surface area contributed by atoms with Gasteiger partial charge in [-0.05, 0) is 45.4 Å². The van der Waals surface area contributed by atoms with E-state index < -0.39 is 14.6 Å². The number of nitrogens with zero attached hydrogens (tertiary/aromatic N) is 2. The van der Waals surface area contributed by atoms with Crippen LogP contribution in [0.5, 0.6) is 5.75 Å². The number of nitrogens with one attached hydrogen (secondary N) is 1. The Balaban J connectivity index is 0.00000338. The molecule has 0 unspecified atom stereocenters. The molecule has 0 radical (unpaired) electrons. The summed E-state index contributed by atoms with van der Waals surface area (Å²) in [6.45, 7) is 10.2. The van der Waals surface area contributed by atoms with Crippen LogP contribution in [-0.4, -0.2) is 62.6 Å². The first-order valence-electron chi connectivity index (χ1n) is 8.70. The van der Waals surface area contributed by atoms with Crippen LogP contribution in [-0.2, 0) is 9.84 Å². The molecule has 0 amide bonds. The Morgan fingerprint density at radius 2 is 2.12 bits per heavy atom. The normalized spacial score (nSPS) is 18.8. The molecule has 1 aromatic carbocycles. The van der Waals surface area contributed by atoms with Gasteiger partial charge in [0.2, 0.25) is 0 Å². The van der Waals surface area contributed by atoms with E-state index >= 15 is 0 Å². The van der Waals surface area contributed by atoms with Gasteiger partial charge in [-0.15, -0.1) is 24.0 Å². The highest BCUT2D eigenvalue weighted by atomic mass is 127. The number of aryl methyl sites for hydroxylation is 1. The van der Waals surface area contributed by atoms with Gasteiger partial charge in [0.05, 0.1) is 17.0 Å². The summed E-state index contributed by atoms with van der Waals surface area (Å²) in [6, 6.07) is 7.92. The van der Waals surface area contributed by atoms with Gasteiger partial charge in [-0.1, -0.05) is 12.1 Å². The predicted molar refractivity (Wildman–Crippen MR) is 118 cm³/mol. The second-order valence-electron chi connectivity index (χ2n) is 6.90. The van der Waals surface area contributed by atoms with Crippen molar-refractivity contribution >= 4 is 39.8 Å². The summed E-state index contributed by atoms with van der Waals surface area (Å²) < 4.78 is 29.3. The van der Waals surface area contributed by atoms with Crippen molar-refractivity contribution in [3.05, 3.63) is 29.8 Å². The molecule has 0 saturated carbocycles. The van der Waals surface area contributed by atoms with Gasteiger partial charge < -0.3 is 15.0 Å². The Hall–Kier alpha value is -1.03. The van der Waals surface area contributed by atoms with Gasteiger partial charge in [0.25, 0.3) is 0 Å². The fourth-order valence-electron chi connectivity index (χ4n) is 2.77. The fourth-order valence-corrected chi connectivity index (χ4v) is 4.14. The maximum atomic E-state index is 12.2. The lowest BCUT2D eigenvalue weighted by molar-refractivity contribution is 0.323. The number of sulfone groups is 1. The van der Waals surface area contributed by atoms with Crippen molar-refractivity contribution in [1.82, 2.24) is 10.2 Å². The predicted octanol–water partition coefficient (Wildman–Crippen LogP) is 2.47. The molecular weight excluding hydrogens is 465 g/mol. The van der Waals surface area contributed by atoms with E-state index in [0.29, 0.717) is 26.2 Å². The maximum absolute atomic E-state index is 12.2. The molecule has 2 rings (SSSR count). The maximum Gasteiger partial charge on any atom is 0.194 e. The van der Waals surface area contributed by atoms with Crippen molar-refractivity contribution in [2.24, 2.45) is 4.99 Å². The second kappa shape index (κ2) is 9.77. The molecule has 0 aliphatic carbocycles. The standard InChI is InChI=1S/C18H29N3O3S.HI/c1-5-19-17(21-10-12-25(22,23)18(3,4)14-21)20-9-11-24-16-8-6-7-15(2)13-16;/h6-8,13H,5,9-12,14H2,1-4H3,(H,19,20);1H. The molecule has 148 valence electrons. The Morgan fingerprint density at radius 1 is 1.38 bits per heavy atom. The average Bonchev–Trinajstić information content (AvgIpc) is 2.53. The molecule has 0 aromatic heterocycles. The van der Waals surface area contributed by atoms with Crippen LogP contribution in [0.2, 0.25) is 0 Å². The van der Waals surface area contributed by atoms with Crippen LogP contribution < -0.4 is 10.1 Å². The molecule has 0 spiro atoms. The van der Waals surface area contributed by atoms with Crippen molar-refractivity contribution in [2.45, 2.75) is 32.4 Å². The van der Waals surface area contributed by atoms with Crippen LogP contribution in [0.25, 0.3) is 0 Å². The zero-order valence-corrected chi connectivity index (χ0v) is 19.1. The van der Waals surface area contributed by atoms with Crippen LogP contribution in [0.3, 0.4) is 0 Å². The molecule has 1 heterocycles. The molecular formula is C18H30IN3O3S. The minimum Gasteiger partial charge on any atom is -0.492 e. The molecule has 8 heteroatoms. The number of ether oxygens (including phenoxy) is 1. The van der Waals surface area contributed by atoms with E-state index in [-0.39, 0.29) is 29.7 Å². The highest BCUT2D eigenvalue weighted by Crippen LogP contribution is 2.23. The first-order valence-corrected chi connectivity index (χ1v) is 10.4. The number of hydrogen-bond donors (Lipinski definition) is 1. The molecule has 1 aromatic rings. The van der Waals surface area contributed by atoms with E-state index in [0.717, 1.165) is 23.8 Å². The number of rotatable bonds is 5. The van der Waals surface area contributed by atoms with Gasteiger partial charge in [0, 0.05) is 19.6 Å². The molecule has 1 fully saturated rings. The van der Waals surface area contributed by atoms with Crippen LogP contribution >= 0.6 is 24.0 Å². The highest BCUT2D eigenvalue weighted by molar-refractivity contribution is 14.0. The Labute approximate surface area is 174 Å². The SMILES string of the molecule is CCNC(=NCCOc1cccc(C)c1)N1CCS(=O)(=O)C(C)(C)C1.I. The molecule has 1 aliphatic heterocycles. The minimum atomic E-state index is -3.06. The second-order valence-corrected chi connectivity index (χ2v) is 9.64. The van der Waals surface area contributed by atoms with Crippen LogP contribution in [0, 0.1) is 6.92 Å². The number of halogens is 1. The summed E-state index contributed by atoms with van der Waals surface area (Å²) in [5.74, 6) is 1.74. The largest absolute Gasteiger partial charge is 0.492 e. The fraction of sp³-hybridized carbons (Fsp3) is 0.611. The molecule has 0 bridgehead atoms. The van der Waals surface area contributed by atoms with Gasteiger partial charge in [-0.3, -0.25) is 0 Å². The highest BCUT2D eigenvalue weighted by Gasteiger charge is 2.40. The Kier molecular flexibility index (Phi) is 8.65. The van der Waals surface area contributed by atoms with E-state index in [4.69, 9.17) is 4.74 Å². The summed E-state index contributed by atoms with van der Waals surface area (Å²) in [5, 5.41) is 3.25. The van der Waals surface area contributed by atoms with Crippen LogP contribution in [0.1, 0.15) is 26.3 Å². The number of hydrogen-bond acceptors (Lipinski definition) is 4. The summed E-state index contributed by atoms with van der Waals surface area (Å²) in [7, 11) is -3.06. The van der Waals surface area contributed by atoms with E-state index in [1.807, 2.05) is 43.0 Å². The lowest BCUT2D eigenvalue weighted by atomic mass is 10.2. The van der Waals surface area contributed by atoms with Crippen LogP contribution in [0.4, 0.5) is 0 Å². The molecule has 0 atom stereocenters. The molecule has 1 N–H and O–H groups in total. The third-order valence-electron chi connectivity index (χ3n) is 4.29. The minimum absolute atomic E-state index is 0. The topological polar surface area (TPSA) is 71.0 Å². The zero-order valence-electron chi connectivity index (χ0n) is 16.0. The van der Waals surface area contributed by atoms with Gasteiger partial charge in [0.15, 0.2) is 15.8 Å². The number of guanidine groups is 1. The van der Waals surface area contributed by atoms with Crippen molar-refractivity contribution in [1.29, 1.82) is 0 Å². The third-order valence-corrected chi connectivity index (χ3v) is 6.82. The summed E-state index contributed by atoms with van der Waals surface area (Å²) >= 11 is 0.